The maximum absolute atomic E-state index is 9.38. The molecule has 0 radical (unpaired) electrons. The van der Waals surface area contributed by atoms with Crippen LogP contribution in [0.2, 0.25) is 0 Å². The molecule has 0 aliphatic heterocycles. The second-order valence-corrected chi connectivity index (χ2v) is 7.26. The summed E-state index contributed by atoms with van der Waals surface area (Å²) in [4.78, 5) is 12.2. The first-order valence-electron chi connectivity index (χ1n) is 7.85. The van der Waals surface area contributed by atoms with Gasteiger partial charge in [0.05, 0.1) is 17.6 Å². The quantitative estimate of drug-likeness (QED) is 0.807. The van der Waals surface area contributed by atoms with E-state index in [2.05, 4.69) is 49.2 Å². The molecule has 1 unspecified atom stereocenters. The molecule has 1 aliphatic carbocycles. The third kappa shape index (κ3) is 2.95. The monoisotopic (exact) mass is 361 g/mol. The molecule has 2 N–H and O–H groups in total. The van der Waals surface area contributed by atoms with Crippen molar-refractivity contribution in [2.24, 2.45) is 5.92 Å². The maximum atomic E-state index is 9.38. The predicted octanol–water partition coefficient (Wildman–Crippen LogP) is 3.97. The number of nitriles is 1. The van der Waals surface area contributed by atoms with Crippen LogP contribution in [-0.2, 0) is 0 Å². The van der Waals surface area contributed by atoms with Gasteiger partial charge in [0.2, 0.25) is 0 Å². The second kappa shape index (κ2) is 6.66. The van der Waals surface area contributed by atoms with Gasteiger partial charge < -0.3 is 10.3 Å². The second-order valence-electron chi connectivity index (χ2n) is 5.97. The first kappa shape index (κ1) is 15.3. The summed E-state index contributed by atoms with van der Waals surface area (Å²) in [5, 5.41) is 13.0. The van der Waals surface area contributed by atoms with Crippen LogP contribution >= 0.6 is 15.9 Å². The van der Waals surface area contributed by atoms with Gasteiger partial charge in [-0.3, -0.25) is 0 Å². The summed E-state index contributed by atoms with van der Waals surface area (Å²) < 4.78 is 0. The molecule has 116 valence electrons. The Hall–Kier alpha value is -1.61. The Bertz CT molecular complexity index is 689. The molecule has 1 aliphatic rings. The van der Waals surface area contributed by atoms with Gasteiger partial charge in [0.15, 0.2) is 5.65 Å². The summed E-state index contributed by atoms with van der Waals surface area (Å²) in [6.45, 7) is 2.23. The van der Waals surface area contributed by atoms with Gasteiger partial charge in [-0.1, -0.05) is 29.3 Å². The number of halogens is 1. The van der Waals surface area contributed by atoms with Crippen LogP contribution in [0.4, 0.5) is 5.69 Å². The topological polar surface area (TPSA) is 77.4 Å². The van der Waals surface area contributed by atoms with Crippen molar-refractivity contribution in [2.75, 3.05) is 5.32 Å². The smallest absolute Gasteiger partial charge is 0.159 e. The highest BCUT2D eigenvalue weighted by atomic mass is 79.9. The van der Waals surface area contributed by atoms with E-state index in [-0.39, 0.29) is 0 Å². The summed E-state index contributed by atoms with van der Waals surface area (Å²) in [5.41, 5.74) is 2.88. The number of aromatic nitrogens is 3. The summed E-state index contributed by atoms with van der Waals surface area (Å²) >= 11 is 3.77. The Morgan fingerprint density at radius 3 is 3.09 bits per heavy atom. The number of imidazole rings is 1. The van der Waals surface area contributed by atoms with Crippen molar-refractivity contribution in [3.63, 3.8) is 0 Å². The van der Waals surface area contributed by atoms with Crippen LogP contribution in [-0.4, -0.2) is 25.8 Å². The van der Waals surface area contributed by atoms with Gasteiger partial charge >= 0.3 is 0 Å². The molecule has 2 heterocycles. The number of alkyl halides is 1. The zero-order valence-corrected chi connectivity index (χ0v) is 14.2. The minimum absolute atomic E-state index is 0.392. The van der Waals surface area contributed by atoms with Crippen LogP contribution in [0.5, 0.6) is 0 Å². The number of anilines is 1. The van der Waals surface area contributed by atoms with Crippen molar-refractivity contribution in [1.29, 1.82) is 5.26 Å². The number of rotatable bonds is 4. The van der Waals surface area contributed by atoms with Crippen LogP contribution < -0.4 is 5.32 Å². The lowest BCUT2D eigenvalue weighted by Gasteiger charge is -2.35. The highest BCUT2D eigenvalue weighted by Gasteiger charge is 2.29. The molecule has 3 atom stereocenters. The molecular weight excluding hydrogens is 342 g/mol. The van der Waals surface area contributed by atoms with E-state index >= 15 is 0 Å². The number of hydrogen-bond acceptors (Lipinski definition) is 4. The molecule has 6 heteroatoms. The number of fused-ring (bicyclic) bond motifs is 1. The zero-order valence-electron chi connectivity index (χ0n) is 12.6. The van der Waals surface area contributed by atoms with Gasteiger partial charge in [-0.05, 0) is 31.6 Å². The molecule has 1 saturated carbocycles. The molecule has 2 aromatic heterocycles. The molecule has 0 saturated heterocycles. The minimum atomic E-state index is 0.392. The molecule has 0 amide bonds. The lowest BCUT2D eigenvalue weighted by atomic mass is 9.81. The van der Waals surface area contributed by atoms with Gasteiger partial charge in [0.25, 0.3) is 0 Å². The van der Waals surface area contributed by atoms with Crippen molar-refractivity contribution in [1.82, 2.24) is 15.0 Å². The Labute approximate surface area is 138 Å². The van der Waals surface area contributed by atoms with Gasteiger partial charge in [0.1, 0.15) is 11.6 Å². The van der Waals surface area contributed by atoms with E-state index in [1.54, 1.807) is 12.5 Å². The highest BCUT2D eigenvalue weighted by molar-refractivity contribution is 9.09. The Morgan fingerprint density at radius 1 is 1.45 bits per heavy atom. The number of nitrogens with zero attached hydrogens (tertiary/aromatic N) is 3. The van der Waals surface area contributed by atoms with Crippen LogP contribution in [0, 0.1) is 17.2 Å². The van der Waals surface area contributed by atoms with Crippen molar-refractivity contribution in [3.8, 4) is 6.07 Å². The number of nitrogens with one attached hydrogen (secondary N) is 2. The highest BCUT2D eigenvalue weighted by Crippen LogP contribution is 2.35. The van der Waals surface area contributed by atoms with E-state index in [1.165, 1.54) is 19.3 Å². The van der Waals surface area contributed by atoms with Crippen molar-refractivity contribution >= 4 is 32.8 Å². The van der Waals surface area contributed by atoms with Crippen LogP contribution in [0.1, 0.15) is 44.6 Å². The first-order chi connectivity index (χ1) is 10.7. The number of hydrogen-bond donors (Lipinski definition) is 2. The normalized spacial score (nSPS) is 25.0. The molecule has 1 fully saturated rings. The van der Waals surface area contributed by atoms with Crippen molar-refractivity contribution < 1.29 is 0 Å². The maximum Gasteiger partial charge on any atom is 0.159 e. The summed E-state index contributed by atoms with van der Waals surface area (Å²) in [5.74, 6) is 0.622. The van der Waals surface area contributed by atoms with Gasteiger partial charge in [-0.25, -0.2) is 9.97 Å². The van der Waals surface area contributed by atoms with Gasteiger partial charge in [0, 0.05) is 17.1 Å². The Morgan fingerprint density at radius 2 is 2.32 bits per heavy atom. The van der Waals surface area contributed by atoms with E-state index in [0.29, 0.717) is 22.4 Å². The average molecular weight is 362 g/mol. The van der Waals surface area contributed by atoms with E-state index < -0.39 is 0 Å². The number of aromatic amines is 1. The van der Waals surface area contributed by atoms with Gasteiger partial charge in [-0.15, -0.1) is 0 Å². The molecule has 0 aromatic carbocycles. The third-order valence-electron chi connectivity index (χ3n) is 4.48. The lowest BCUT2D eigenvalue weighted by Crippen LogP contribution is -2.35. The van der Waals surface area contributed by atoms with Crippen molar-refractivity contribution in [2.45, 2.75) is 49.9 Å². The zero-order chi connectivity index (χ0) is 15.5. The lowest BCUT2D eigenvalue weighted by molar-refractivity contribution is 0.315. The number of H-pyrrole nitrogens is 1. The fourth-order valence-electron chi connectivity index (χ4n) is 3.39. The fourth-order valence-corrected chi connectivity index (χ4v) is 4.14. The molecule has 0 spiro atoms. The third-order valence-corrected chi connectivity index (χ3v) is 5.31. The first-order valence-corrected chi connectivity index (χ1v) is 8.77. The fraction of sp³-hybridized carbons (Fsp3) is 0.562. The van der Waals surface area contributed by atoms with E-state index in [4.69, 9.17) is 0 Å². The van der Waals surface area contributed by atoms with E-state index in [1.807, 2.05) is 0 Å². The summed E-state index contributed by atoms with van der Waals surface area (Å²) in [7, 11) is 0. The molecule has 5 nitrogen and oxygen atoms in total. The molecule has 0 bridgehead atoms. The number of pyridine rings is 1. The Kier molecular flexibility index (Phi) is 4.63. The predicted molar refractivity (Wildman–Crippen MR) is 91.0 cm³/mol. The molecule has 3 rings (SSSR count). The largest absolute Gasteiger partial charge is 0.379 e. The molecule has 2 aromatic rings. The summed E-state index contributed by atoms with van der Waals surface area (Å²) in [6, 6.07) is 2.63. The van der Waals surface area contributed by atoms with Crippen LogP contribution in [0.15, 0.2) is 12.5 Å². The van der Waals surface area contributed by atoms with Crippen LogP contribution in [0.3, 0.4) is 0 Å². The SMILES string of the molecule is CCC[C@@H]1CC(Br)CC[C@@H]1Nc1c(C#N)cnc2[nH]cnc12. The van der Waals surface area contributed by atoms with Gasteiger partial charge in [-0.2, -0.15) is 5.26 Å². The Balaban J connectivity index is 1.91. The standard InChI is InChI=1S/C16H20BrN5/c1-2-3-10-6-12(17)4-5-13(10)22-14-11(7-18)8-19-16-15(14)20-9-21-16/h8-10,12-13H,2-6H2,1H3,(H2,19,20,21,22)/t10-,12?,13+/m1/s1. The van der Waals surface area contributed by atoms with E-state index in [0.717, 1.165) is 29.7 Å². The average Bonchev–Trinajstić information content (AvgIpc) is 2.99. The minimum Gasteiger partial charge on any atom is -0.379 e. The van der Waals surface area contributed by atoms with E-state index in [9.17, 15) is 5.26 Å². The van der Waals surface area contributed by atoms with Crippen LogP contribution in [0.25, 0.3) is 11.2 Å². The molecular formula is C16H20BrN5. The summed E-state index contributed by atoms with van der Waals surface area (Å²) in [6.07, 6.45) is 9.09. The van der Waals surface area contributed by atoms with Crippen molar-refractivity contribution in [3.05, 3.63) is 18.1 Å². The molecule has 22 heavy (non-hydrogen) atoms.